The van der Waals surface area contributed by atoms with E-state index < -0.39 is 29.4 Å². The monoisotopic (exact) mass is 393 g/mol. The Morgan fingerprint density at radius 3 is 2.52 bits per heavy atom. The number of nitrogens with zero attached hydrogens (tertiary/aromatic N) is 3. The molecule has 1 aromatic heterocycles. The maximum atomic E-state index is 12.7. The first-order valence-electron chi connectivity index (χ1n) is 9.04. The van der Waals surface area contributed by atoms with Gasteiger partial charge in [-0.15, -0.1) is 0 Å². The number of nitrogens with one attached hydrogen (secondary N) is 1. The summed E-state index contributed by atoms with van der Waals surface area (Å²) in [4.78, 5) is 64.4. The minimum Gasteiger partial charge on any atom is -0.384 e. The number of hydrogen-bond donors (Lipinski definition) is 2. The fourth-order valence-electron chi connectivity index (χ4n) is 4.18. The Morgan fingerprint density at radius 2 is 1.76 bits per heavy atom. The number of aromatic nitrogens is 1. The second-order valence-electron chi connectivity index (χ2n) is 7.10. The maximum Gasteiger partial charge on any atom is 0.332 e. The molecule has 2 saturated heterocycles. The molecule has 29 heavy (non-hydrogen) atoms. The lowest BCUT2D eigenvalue weighted by Crippen LogP contribution is -2.33. The van der Waals surface area contributed by atoms with Gasteiger partial charge in [0.25, 0.3) is 23.3 Å². The zero-order valence-corrected chi connectivity index (χ0v) is 15.0. The molecule has 0 bridgehead atoms. The number of benzene rings is 1. The number of rotatable bonds is 2. The molecule has 10 nitrogen and oxygen atoms in total. The van der Waals surface area contributed by atoms with Gasteiger partial charge < -0.3 is 10.6 Å². The summed E-state index contributed by atoms with van der Waals surface area (Å²) >= 11 is 0. The summed E-state index contributed by atoms with van der Waals surface area (Å²) < 4.78 is 1.08. The van der Waals surface area contributed by atoms with Crippen molar-refractivity contribution in [2.45, 2.75) is 18.9 Å². The minimum absolute atomic E-state index is 0.0737. The van der Waals surface area contributed by atoms with E-state index in [0.717, 1.165) is 22.0 Å². The lowest BCUT2D eigenvalue weighted by atomic mass is 10.1. The van der Waals surface area contributed by atoms with Gasteiger partial charge in [0, 0.05) is 12.6 Å². The quantitative estimate of drug-likeness (QED) is 0.554. The predicted octanol–water partition coefficient (Wildman–Crippen LogP) is 0.234. The lowest BCUT2D eigenvalue weighted by Gasteiger charge is -2.18. The molecule has 0 spiro atoms. The summed E-state index contributed by atoms with van der Waals surface area (Å²) in [6, 6.07) is 6.42. The van der Waals surface area contributed by atoms with Crippen LogP contribution in [0.5, 0.6) is 0 Å². The van der Waals surface area contributed by atoms with E-state index in [1.54, 1.807) is 23.1 Å². The second-order valence-corrected chi connectivity index (χ2v) is 7.10. The van der Waals surface area contributed by atoms with Gasteiger partial charge in [0.1, 0.15) is 11.9 Å². The van der Waals surface area contributed by atoms with Gasteiger partial charge in [-0.25, -0.2) is 9.69 Å². The van der Waals surface area contributed by atoms with Crippen LogP contribution in [0.2, 0.25) is 0 Å². The van der Waals surface area contributed by atoms with Crippen molar-refractivity contribution in [3.05, 3.63) is 51.8 Å². The normalized spacial score (nSPS) is 20.3. The van der Waals surface area contributed by atoms with Gasteiger partial charge in [-0.1, -0.05) is 6.07 Å². The van der Waals surface area contributed by atoms with Crippen LogP contribution in [-0.4, -0.2) is 45.8 Å². The molecule has 2 aromatic rings. The van der Waals surface area contributed by atoms with Crippen LogP contribution < -0.4 is 21.5 Å². The Morgan fingerprint density at radius 1 is 1.00 bits per heavy atom. The highest BCUT2D eigenvalue weighted by Gasteiger charge is 2.48. The number of amides is 5. The number of fused-ring (bicyclic) bond motifs is 2. The topological polar surface area (TPSA) is 135 Å². The average Bonchev–Trinajstić information content (AvgIpc) is 3.33. The Kier molecular flexibility index (Phi) is 3.42. The molecule has 0 radical (unpaired) electrons. The highest BCUT2D eigenvalue weighted by molar-refractivity contribution is 6.23. The van der Waals surface area contributed by atoms with Crippen LogP contribution in [0.25, 0.3) is 5.69 Å². The summed E-state index contributed by atoms with van der Waals surface area (Å²) in [6.07, 6.45) is 1.42. The summed E-state index contributed by atoms with van der Waals surface area (Å²) in [5.41, 5.74) is 5.87. The average molecular weight is 393 g/mol. The van der Waals surface area contributed by atoms with Gasteiger partial charge in [-0.05, 0) is 31.0 Å². The Labute approximate surface area is 163 Å². The van der Waals surface area contributed by atoms with Crippen LogP contribution in [0.1, 0.15) is 33.6 Å². The molecule has 5 rings (SSSR count). The Balaban J connectivity index is 1.62. The molecule has 1 aromatic carbocycles. The SMILES string of the molecule is Nc1c2c(cc(=O)n1-c1cccc(N3C(=O)C4CCCN4C3=O)c1)C(=O)NC2=O. The highest BCUT2D eigenvalue weighted by atomic mass is 16.2. The second kappa shape index (κ2) is 5.77. The van der Waals surface area contributed by atoms with Gasteiger partial charge in [-0.3, -0.25) is 29.1 Å². The highest BCUT2D eigenvalue weighted by Crippen LogP contribution is 2.32. The largest absolute Gasteiger partial charge is 0.384 e. The van der Waals surface area contributed by atoms with E-state index in [0.29, 0.717) is 18.7 Å². The van der Waals surface area contributed by atoms with E-state index >= 15 is 0 Å². The first-order valence-corrected chi connectivity index (χ1v) is 9.04. The third kappa shape index (κ3) is 2.25. The lowest BCUT2D eigenvalue weighted by molar-refractivity contribution is -0.119. The first kappa shape index (κ1) is 17.2. The van der Waals surface area contributed by atoms with Crippen molar-refractivity contribution >= 4 is 35.3 Å². The molecule has 4 heterocycles. The molecule has 0 saturated carbocycles. The van der Waals surface area contributed by atoms with Crippen molar-refractivity contribution in [3.8, 4) is 5.69 Å². The van der Waals surface area contributed by atoms with E-state index in [4.69, 9.17) is 5.73 Å². The van der Waals surface area contributed by atoms with Crippen molar-refractivity contribution in [2.75, 3.05) is 17.2 Å². The number of hydrogen-bond acceptors (Lipinski definition) is 6. The maximum absolute atomic E-state index is 12.7. The van der Waals surface area contributed by atoms with Crippen molar-refractivity contribution in [2.24, 2.45) is 0 Å². The summed E-state index contributed by atoms with van der Waals surface area (Å²) in [7, 11) is 0. The van der Waals surface area contributed by atoms with Crippen LogP contribution in [-0.2, 0) is 4.79 Å². The number of nitrogen functional groups attached to an aromatic ring is 1. The van der Waals surface area contributed by atoms with Gasteiger partial charge in [-0.2, -0.15) is 0 Å². The number of anilines is 2. The number of pyridine rings is 1. The third-order valence-corrected chi connectivity index (χ3v) is 5.49. The van der Waals surface area contributed by atoms with E-state index in [1.165, 1.54) is 6.07 Å². The summed E-state index contributed by atoms with van der Waals surface area (Å²) in [6.45, 7) is 0.534. The number of carbonyl (C=O) groups is 4. The molecule has 5 amide bonds. The molecule has 2 fully saturated rings. The van der Waals surface area contributed by atoms with Gasteiger partial charge in [0.2, 0.25) is 0 Å². The minimum atomic E-state index is -0.682. The summed E-state index contributed by atoms with van der Waals surface area (Å²) in [5.74, 6) is -1.85. The van der Waals surface area contributed by atoms with Crippen LogP contribution in [0.15, 0.2) is 35.1 Å². The predicted molar refractivity (Wildman–Crippen MR) is 101 cm³/mol. The van der Waals surface area contributed by atoms with Crippen molar-refractivity contribution in [1.29, 1.82) is 0 Å². The molecule has 1 atom stereocenters. The van der Waals surface area contributed by atoms with Crippen molar-refractivity contribution < 1.29 is 19.2 Å². The Bertz CT molecular complexity index is 1180. The smallest absolute Gasteiger partial charge is 0.332 e. The standard InChI is InChI=1S/C19H15N5O5/c20-15-14-11(16(26)21-17(14)27)8-13(25)23(15)9-3-1-4-10(7-9)24-18(28)12-5-2-6-22(12)19(24)29/h1,3-4,7-8,12H,2,5-6,20H2,(H,21,26,27). The van der Waals surface area contributed by atoms with Crippen LogP contribution >= 0.6 is 0 Å². The Hall–Kier alpha value is -3.95. The first-order chi connectivity index (χ1) is 13.9. The van der Waals surface area contributed by atoms with E-state index in [1.807, 2.05) is 0 Å². The number of carbonyl (C=O) groups excluding carboxylic acids is 4. The van der Waals surface area contributed by atoms with Gasteiger partial charge >= 0.3 is 6.03 Å². The molecular formula is C19H15N5O5. The molecule has 10 heteroatoms. The van der Waals surface area contributed by atoms with Crippen LogP contribution in [0.3, 0.4) is 0 Å². The number of imide groups is 2. The van der Waals surface area contributed by atoms with E-state index in [2.05, 4.69) is 5.32 Å². The summed E-state index contributed by atoms with van der Waals surface area (Å²) in [5, 5.41) is 2.11. The molecule has 1 unspecified atom stereocenters. The van der Waals surface area contributed by atoms with Crippen LogP contribution in [0, 0.1) is 0 Å². The number of urea groups is 1. The van der Waals surface area contributed by atoms with Gasteiger partial charge in [0.05, 0.1) is 22.5 Å². The van der Waals surface area contributed by atoms with E-state index in [-0.39, 0.29) is 28.5 Å². The fourth-order valence-corrected chi connectivity index (χ4v) is 4.18. The van der Waals surface area contributed by atoms with Gasteiger partial charge in [0.15, 0.2) is 0 Å². The molecular weight excluding hydrogens is 378 g/mol. The van der Waals surface area contributed by atoms with Crippen LogP contribution in [0.4, 0.5) is 16.3 Å². The fraction of sp³-hybridized carbons (Fsp3) is 0.211. The molecule has 0 aliphatic carbocycles. The molecule has 3 N–H and O–H groups in total. The molecule has 3 aliphatic heterocycles. The molecule has 3 aliphatic rings. The number of nitrogens with two attached hydrogens (primary N) is 1. The van der Waals surface area contributed by atoms with E-state index in [9.17, 15) is 24.0 Å². The zero-order valence-electron chi connectivity index (χ0n) is 15.0. The molecule has 146 valence electrons. The van der Waals surface area contributed by atoms with Crippen molar-refractivity contribution in [3.63, 3.8) is 0 Å². The van der Waals surface area contributed by atoms with Crippen molar-refractivity contribution in [1.82, 2.24) is 14.8 Å². The zero-order chi connectivity index (χ0) is 20.4. The third-order valence-electron chi connectivity index (χ3n) is 5.49.